The highest BCUT2D eigenvalue weighted by Gasteiger charge is 2.18. The second-order valence-electron chi connectivity index (χ2n) is 7.44. The fourth-order valence-electron chi connectivity index (χ4n) is 3.18. The van der Waals surface area contributed by atoms with Crippen LogP contribution in [0, 0.1) is 6.92 Å². The van der Waals surface area contributed by atoms with Gasteiger partial charge in [0.05, 0.1) is 34.3 Å². The second kappa shape index (κ2) is 9.21. The molecule has 0 spiro atoms. The zero-order chi connectivity index (χ0) is 22.6. The van der Waals surface area contributed by atoms with Gasteiger partial charge < -0.3 is 20.3 Å². The summed E-state index contributed by atoms with van der Waals surface area (Å²) in [5, 5.41) is 6.50. The van der Waals surface area contributed by atoms with Crippen LogP contribution in [0.1, 0.15) is 12.1 Å². The molecule has 3 aromatic heterocycles. The molecule has 4 aromatic rings. The summed E-state index contributed by atoms with van der Waals surface area (Å²) in [7, 11) is 0. The topological polar surface area (TPSA) is 105 Å². The number of carbonyl (C=O) groups is 1. The molecule has 1 aliphatic heterocycles. The Labute approximate surface area is 194 Å². The fraction of sp³-hybridized carbons (Fsp3) is 0.174. The molecule has 0 bridgehead atoms. The Kier molecular flexibility index (Phi) is 5.81. The number of hydrogen-bond donors (Lipinski definition) is 2. The summed E-state index contributed by atoms with van der Waals surface area (Å²) in [4.78, 5) is 32.6. The molecule has 1 aliphatic rings. The summed E-state index contributed by atoms with van der Waals surface area (Å²) >= 11 is 1.69. The SMILES string of the molecule is Cc1ncccc1NC(=O)Nc1cnc(Oc2ccc(-c3cnc(N4CCC4)s3)cc2)nc1. The minimum atomic E-state index is -0.403. The van der Waals surface area contributed by atoms with Gasteiger partial charge in [-0.2, -0.15) is 0 Å². The number of pyridine rings is 1. The molecule has 10 heteroatoms. The lowest BCUT2D eigenvalue weighted by molar-refractivity contribution is 0.262. The van der Waals surface area contributed by atoms with E-state index in [4.69, 9.17) is 4.74 Å². The first-order valence-corrected chi connectivity index (χ1v) is 11.3. The lowest BCUT2D eigenvalue weighted by atomic mass is 10.2. The monoisotopic (exact) mass is 459 g/mol. The Morgan fingerprint density at radius 2 is 1.79 bits per heavy atom. The molecule has 2 amide bonds. The van der Waals surface area contributed by atoms with Gasteiger partial charge in [-0.15, -0.1) is 0 Å². The van der Waals surface area contributed by atoms with Gasteiger partial charge in [0.1, 0.15) is 5.75 Å². The molecule has 4 heterocycles. The second-order valence-corrected chi connectivity index (χ2v) is 8.45. The molecule has 0 radical (unpaired) electrons. The van der Waals surface area contributed by atoms with Crippen LogP contribution in [-0.2, 0) is 0 Å². The molecule has 1 aromatic carbocycles. The van der Waals surface area contributed by atoms with Crippen LogP contribution >= 0.6 is 11.3 Å². The normalized spacial score (nSPS) is 12.7. The molecular weight excluding hydrogens is 438 g/mol. The predicted molar refractivity (Wildman–Crippen MR) is 128 cm³/mol. The van der Waals surface area contributed by atoms with E-state index in [0.717, 1.165) is 34.4 Å². The molecule has 0 atom stereocenters. The number of benzene rings is 1. The van der Waals surface area contributed by atoms with Crippen molar-refractivity contribution in [3.63, 3.8) is 0 Å². The number of amides is 2. The van der Waals surface area contributed by atoms with E-state index < -0.39 is 6.03 Å². The Morgan fingerprint density at radius 3 is 2.48 bits per heavy atom. The standard InChI is InChI=1S/C23H21N7O2S/c1-15-19(4-2-9-24-15)29-21(31)28-17-12-25-22(26-13-17)32-18-7-5-16(6-8-18)20-14-27-23(33-20)30-10-3-11-30/h2,4-9,12-14H,3,10-11H2,1H3,(H2,28,29,31). The first-order valence-electron chi connectivity index (χ1n) is 10.4. The van der Waals surface area contributed by atoms with Crippen LogP contribution in [0.15, 0.2) is 61.2 Å². The summed E-state index contributed by atoms with van der Waals surface area (Å²) in [6, 6.07) is 11.0. The van der Waals surface area contributed by atoms with Crippen molar-refractivity contribution in [3.8, 4) is 22.2 Å². The highest BCUT2D eigenvalue weighted by Crippen LogP contribution is 2.34. The maximum Gasteiger partial charge on any atom is 0.323 e. The number of carbonyl (C=O) groups excluding carboxylic acids is 1. The fourth-order valence-corrected chi connectivity index (χ4v) is 4.15. The molecule has 1 saturated heterocycles. The maximum atomic E-state index is 12.2. The summed E-state index contributed by atoms with van der Waals surface area (Å²) in [5.74, 6) is 0.622. The third-order valence-corrected chi connectivity index (χ3v) is 6.22. The Morgan fingerprint density at radius 1 is 1.00 bits per heavy atom. The summed E-state index contributed by atoms with van der Waals surface area (Å²) in [6.07, 6.45) is 7.79. The van der Waals surface area contributed by atoms with Gasteiger partial charge in [0.25, 0.3) is 0 Å². The minimum absolute atomic E-state index is 0.190. The molecule has 2 N–H and O–H groups in total. The number of aryl methyl sites for hydroxylation is 1. The zero-order valence-electron chi connectivity index (χ0n) is 17.9. The van der Waals surface area contributed by atoms with E-state index in [1.165, 1.54) is 18.8 Å². The largest absolute Gasteiger partial charge is 0.424 e. The van der Waals surface area contributed by atoms with Crippen LogP contribution in [0.3, 0.4) is 0 Å². The van der Waals surface area contributed by atoms with Crippen molar-refractivity contribution in [2.24, 2.45) is 0 Å². The van der Waals surface area contributed by atoms with E-state index in [1.807, 2.05) is 37.4 Å². The van der Waals surface area contributed by atoms with Crippen LogP contribution in [-0.4, -0.2) is 39.1 Å². The van der Waals surface area contributed by atoms with E-state index in [9.17, 15) is 4.79 Å². The highest BCUT2D eigenvalue weighted by molar-refractivity contribution is 7.18. The number of urea groups is 1. The number of ether oxygens (including phenoxy) is 1. The molecule has 9 nitrogen and oxygen atoms in total. The number of nitrogens with zero attached hydrogens (tertiary/aromatic N) is 5. The van der Waals surface area contributed by atoms with E-state index in [1.54, 1.807) is 29.7 Å². The van der Waals surface area contributed by atoms with Crippen LogP contribution in [0.25, 0.3) is 10.4 Å². The minimum Gasteiger partial charge on any atom is -0.424 e. The molecule has 166 valence electrons. The third-order valence-electron chi connectivity index (χ3n) is 5.11. The third kappa shape index (κ3) is 4.90. The Hall–Kier alpha value is -4.05. The molecular formula is C23H21N7O2S. The number of hydrogen-bond acceptors (Lipinski definition) is 8. The molecule has 1 fully saturated rings. The van der Waals surface area contributed by atoms with Gasteiger partial charge in [-0.05, 0) is 55.3 Å². The van der Waals surface area contributed by atoms with Crippen molar-refractivity contribution in [2.45, 2.75) is 13.3 Å². The van der Waals surface area contributed by atoms with E-state index in [0.29, 0.717) is 17.1 Å². The Bertz CT molecular complexity index is 1250. The van der Waals surface area contributed by atoms with Crippen molar-refractivity contribution >= 4 is 33.9 Å². The van der Waals surface area contributed by atoms with Crippen molar-refractivity contribution in [1.29, 1.82) is 0 Å². The molecule has 0 saturated carbocycles. The maximum absolute atomic E-state index is 12.2. The average molecular weight is 460 g/mol. The molecule has 0 unspecified atom stereocenters. The van der Waals surface area contributed by atoms with Crippen LogP contribution in [0.2, 0.25) is 0 Å². The highest BCUT2D eigenvalue weighted by atomic mass is 32.1. The van der Waals surface area contributed by atoms with Crippen molar-refractivity contribution in [1.82, 2.24) is 19.9 Å². The molecule has 33 heavy (non-hydrogen) atoms. The van der Waals surface area contributed by atoms with Crippen molar-refractivity contribution in [2.75, 3.05) is 28.6 Å². The van der Waals surface area contributed by atoms with Crippen molar-refractivity contribution < 1.29 is 9.53 Å². The first-order chi connectivity index (χ1) is 16.1. The number of nitrogens with one attached hydrogen (secondary N) is 2. The number of aromatic nitrogens is 4. The molecule has 0 aliphatic carbocycles. The smallest absolute Gasteiger partial charge is 0.323 e. The quantitative estimate of drug-likeness (QED) is 0.420. The Balaban J connectivity index is 1.17. The van der Waals surface area contributed by atoms with E-state index in [2.05, 4.69) is 35.5 Å². The summed E-state index contributed by atoms with van der Waals surface area (Å²) in [6.45, 7) is 3.99. The van der Waals surface area contributed by atoms with Gasteiger partial charge in [-0.1, -0.05) is 11.3 Å². The van der Waals surface area contributed by atoms with E-state index >= 15 is 0 Å². The van der Waals surface area contributed by atoms with Crippen LogP contribution in [0.4, 0.5) is 21.3 Å². The van der Waals surface area contributed by atoms with Crippen LogP contribution < -0.4 is 20.3 Å². The first kappa shape index (κ1) is 20.8. The lowest BCUT2D eigenvalue weighted by Gasteiger charge is -2.30. The lowest BCUT2D eigenvalue weighted by Crippen LogP contribution is -2.36. The zero-order valence-corrected chi connectivity index (χ0v) is 18.7. The van der Waals surface area contributed by atoms with Crippen LogP contribution in [0.5, 0.6) is 11.8 Å². The van der Waals surface area contributed by atoms with Crippen molar-refractivity contribution in [3.05, 3.63) is 66.9 Å². The van der Waals surface area contributed by atoms with E-state index in [-0.39, 0.29) is 6.01 Å². The summed E-state index contributed by atoms with van der Waals surface area (Å²) < 4.78 is 5.73. The van der Waals surface area contributed by atoms with Gasteiger partial charge in [-0.3, -0.25) is 4.98 Å². The van der Waals surface area contributed by atoms with Gasteiger partial charge in [-0.25, -0.2) is 19.7 Å². The van der Waals surface area contributed by atoms with Gasteiger partial charge >= 0.3 is 12.0 Å². The number of anilines is 3. The number of rotatable bonds is 6. The summed E-state index contributed by atoms with van der Waals surface area (Å²) in [5.41, 5.74) is 2.89. The average Bonchev–Trinajstić information content (AvgIpc) is 3.25. The van der Waals surface area contributed by atoms with Gasteiger partial charge in [0, 0.05) is 25.5 Å². The molecule has 5 rings (SSSR count). The van der Waals surface area contributed by atoms with Gasteiger partial charge in [0.15, 0.2) is 5.13 Å². The van der Waals surface area contributed by atoms with Gasteiger partial charge in [0.2, 0.25) is 0 Å². The predicted octanol–water partition coefficient (Wildman–Crippen LogP) is 4.95. The number of thiazole rings is 1.